The summed E-state index contributed by atoms with van der Waals surface area (Å²) in [5.41, 5.74) is 2.10. The number of amides is 1. The summed E-state index contributed by atoms with van der Waals surface area (Å²) >= 11 is 0. The number of piperidine rings is 1. The minimum Gasteiger partial charge on any atom is -0.356 e. The molecule has 0 unspecified atom stereocenters. The van der Waals surface area contributed by atoms with Gasteiger partial charge < -0.3 is 14.7 Å². The quantitative estimate of drug-likeness (QED) is 0.759. The van der Waals surface area contributed by atoms with E-state index in [1.807, 2.05) is 6.07 Å². The van der Waals surface area contributed by atoms with Crippen molar-refractivity contribution in [1.82, 2.24) is 9.88 Å². The van der Waals surface area contributed by atoms with Crippen LogP contribution in [0.15, 0.2) is 36.9 Å². The van der Waals surface area contributed by atoms with Crippen LogP contribution in [0.1, 0.15) is 37.3 Å². The fourth-order valence-electron chi connectivity index (χ4n) is 4.40. The van der Waals surface area contributed by atoms with Gasteiger partial charge in [0.05, 0.1) is 0 Å². The molecule has 1 aromatic carbocycles. The number of aromatic nitrogens is 1. The molecule has 0 spiro atoms. The monoisotopic (exact) mass is 378 g/mol. The maximum atomic E-state index is 12.1. The second kappa shape index (κ2) is 7.92. The van der Waals surface area contributed by atoms with Crippen LogP contribution in [0, 0.1) is 0 Å². The zero-order valence-corrected chi connectivity index (χ0v) is 17.0. The molecule has 2 aromatic rings. The number of anilines is 2. The van der Waals surface area contributed by atoms with Gasteiger partial charge in [0, 0.05) is 42.8 Å². The average molecular weight is 379 g/mol. The molecule has 0 aliphatic carbocycles. The van der Waals surface area contributed by atoms with Gasteiger partial charge in [-0.1, -0.05) is 6.58 Å². The summed E-state index contributed by atoms with van der Waals surface area (Å²) in [4.78, 5) is 23.7. The summed E-state index contributed by atoms with van der Waals surface area (Å²) < 4.78 is 0. The maximum absolute atomic E-state index is 12.1. The van der Waals surface area contributed by atoms with Crippen LogP contribution in [0.4, 0.5) is 11.5 Å². The summed E-state index contributed by atoms with van der Waals surface area (Å²) in [5, 5.41) is 2.36. The molecular weight excluding hydrogens is 348 g/mol. The third-order valence-corrected chi connectivity index (χ3v) is 6.25. The number of hydrogen-bond acceptors (Lipinski definition) is 4. The van der Waals surface area contributed by atoms with Gasteiger partial charge in [-0.2, -0.15) is 0 Å². The fourth-order valence-corrected chi connectivity index (χ4v) is 4.40. The predicted molar refractivity (Wildman–Crippen MR) is 116 cm³/mol. The lowest BCUT2D eigenvalue weighted by molar-refractivity contribution is -0.113. The first-order chi connectivity index (χ1) is 13.6. The molecule has 0 N–H and O–H groups in total. The van der Waals surface area contributed by atoms with Crippen LogP contribution in [0.25, 0.3) is 10.8 Å². The van der Waals surface area contributed by atoms with Crippen LogP contribution in [-0.2, 0) is 4.79 Å². The molecule has 5 heteroatoms. The van der Waals surface area contributed by atoms with E-state index in [0.29, 0.717) is 5.92 Å². The van der Waals surface area contributed by atoms with Gasteiger partial charge in [0.15, 0.2) is 0 Å². The highest BCUT2D eigenvalue weighted by Gasteiger charge is 2.23. The van der Waals surface area contributed by atoms with Crippen molar-refractivity contribution in [2.24, 2.45) is 0 Å². The zero-order chi connectivity index (χ0) is 19.7. The lowest BCUT2D eigenvalue weighted by atomic mass is 9.92. The molecular formula is C23H30N4O. The van der Waals surface area contributed by atoms with Gasteiger partial charge in [-0.15, -0.1) is 0 Å². The Kier molecular flexibility index (Phi) is 5.36. The number of carbonyl (C=O) groups is 1. The highest BCUT2D eigenvalue weighted by Crippen LogP contribution is 2.35. The van der Waals surface area contributed by atoms with E-state index in [-0.39, 0.29) is 5.91 Å². The lowest BCUT2D eigenvalue weighted by Gasteiger charge is -2.30. The van der Waals surface area contributed by atoms with Gasteiger partial charge in [-0.05, 0) is 81.5 Å². The van der Waals surface area contributed by atoms with Crippen LogP contribution < -0.4 is 9.80 Å². The van der Waals surface area contributed by atoms with Crippen molar-refractivity contribution >= 4 is 28.2 Å². The Balaban J connectivity index is 1.78. The van der Waals surface area contributed by atoms with Gasteiger partial charge >= 0.3 is 0 Å². The first-order valence-electron chi connectivity index (χ1n) is 10.3. The van der Waals surface area contributed by atoms with Crippen molar-refractivity contribution in [3.8, 4) is 0 Å². The molecule has 3 heterocycles. The number of likely N-dealkylation sites (N-methyl/N-ethyl adjacent to an activating group) is 1. The van der Waals surface area contributed by atoms with E-state index >= 15 is 0 Å². The van der Waals surface area contributed by atoms with E-state index in [1.165, 1.54) is 35.4 Å². The summed E-state index contributed by atoms with van der Waals surface area (Å²) in [6.45, 7) is 8.01. The average Bonchev–Trinajstić information content (AvgIpc) is 3.26. The molecule has 148 valence electrons. The minimum absolute atomic E-state index is 0.0938. The van der Waals surface area contributed by atoms with E-state index in [4.69, 9.17) is 4.98 Å². The molecule has 5 nitrogen and oxygen atoms in total. The number of carbonyl (C=O) groups excluding carboxylic acids is 1. The van der Waals surface area contributed by atoms with Crippen LogP contribution in [0.3, 0.4) is 0 Å². The summed E-state index contributed by atoms with van der Waals surface area (Å²) in [7, 11) is 3.99. The third-order valence-electron chi connectivity index (χ3n) is 6.25. The first kappa shape index (κ1) is 18.9. The number of fused-ring (bicyclic) bond motifs is 1. The molecule has 0 saturated carbocycles. The van der Waals surface area contributed by atoms with E-state index in [9.17, 15) is 4.79 Å². The molecule has 2 aliphatic heterocycles. The number of hydrogen-bond donors (Lipinski definition) is 0. The molecule has 0 atom stereocenters. The van der Waals surface area contributed by atoms with Gasteiger partial charge in [-0.3, -0.25) is 4.79 Å². The highest BCUT2D eigenvalue weighted by molar-refractivity contribution is 6.03. The minimum atomic E-state index is -0.0938. The highest BCUT2D eigenvalue weighted by atomic mass is 16.2. The second-order valence-electron chi connectivity index (χ2n) is 8.15. The number of pyridine rings is 1. The number of nitrogens with zero attached hydrogens (tertiary/aromatic N) is 4. The smallest absolute Gasteiger partial charge is 0.250 e. The largest absolute Gasteiger partial charge is 0.356 e. The molecule has 2 saturated heterocycles. The standard InChI is InChI=1S/C23H30N4O/c1-4-22(28)26(3)19-7-8-20-18(15-19)16-21(17-9-13-25(2)14-10-17)24-23(20)27-11-5-6-12-27/h4,7-8,15-17H,1,5-6,9-14H2,2-3H3. The summed E-state index contributed by atoms with van der Waals surface area (Å²) in [6, 6.07) is 8.51. The third kappa shape index (κ3) is 3.63. The van der Waals surface area contributed by atoms with Crippen molar-refractivity contribution in [1.29, 1.82) is 0 Å². The molecule has 1 aromatic heterocycles. The van der Waals surface area contributed by atoms with Gasteiger partial charge in [0.2, 0.25) is 5.91 Å². The topological polar surface area (TPSA) is 39.7 Å². The van der Waals surface area contributed by atoms with Crippen LogP contribution in [-0.4, -0.2) is 56.1 Å². The van der Waals surface area contributed by atoms with E-state index < -0.39 is 0 Å². The molecule has 0 bridgehead atoms. The summed E-state index contributed by atoms with van der Waals surface area (Å²) in [5.74, 6) is 1.54. The Bertz CT molecular complexity index is 880. The van der Waals surface area contributed by atoms with Crippen molar-refractivity contribution in [2.75, 3.05) is 50.1 Å². The molecule has 2 fully saturated rings. The van der Waals surface area contributed by atoms with Crippen LogP contribution >= 0.6 is 0 Å². The van der Waals surface area contributed by atoms with Crippen molar-refractivity contribution in [2.45, 2.75) is 31.6 Å². The lowest BCUT2D eigenvalue weighted by Crippen LogP contribution is -2.30. The molecule has 4 rings (SSSR count). The normalized spacial score (nSPS) is 18.6. The van der Waals surface area contributed by atoms with Crippen molar-refractivity contribution < 1.29 is 4.79 Å². The van der Waals surface area contributed by atoms with Crippen LogP contribution in [0.5, 0.6) is 0 Å². The Hall–Kier alpha value is -2.40. The SMILES string of the molecule is C=CC(=O)N(C)c1ccc2c(N3CCCC3)nc(C3CCN(C)CC3)cc2c1. The van der Waals surface area contributed by atoms with E-state index in [2.05, 4.69) is 41.6 Å². The Morgan fingerprint density at radius 1 is 1.18 bits per heavy atom. The van der Waals surface area contributed by atoms with Gasteiger partial charge in [0.25, 0.3) is 0 Å². The molecule has 0 radical (unpaired) electrons. The fraction of sp³-hybridized carbons (Fsp3) is 0.478. The molecule has 2 aliphatic rings. The van der Waals surface area contributed by atoms with Crippen molar-refractivity contribution in [3.63, 3.8) is 0 Å². The first-order valence-corrected chi connectivity index (χ1v) is 10.3. The Morgan fingerprint density at radius 3 is 2.57 bits per heavy atom. The predicted octanol–water partition coefficient (Wildman–Crippen LogP) is 3.79. The summed E-state index contributed by atoms with van der Waals surface area (Å²) in [6.07, 6.45) is 6.13. The van der Waals surface area contributed by atoms with Gasteiger partial charge in [-0.25, -0.2) is 4.98 Å². The van der Waals surface area contributed by atoms with Gasteiger partial charge in [0.1, 0.15) is 5.82 Å². The van der Waals surface area contributed by atoms with E-state index in [1.54, 1.807) is 11.9 Å². The van der Waals surface area contributed by atoms with Crippen LogP contribution in [0.2, 0.25) is 0 Å². The van der Waals surface area contributed by atoms with Crippen molar-refractivity contribution in [3.05, 3.63) is 42.6 Å². The van der Waals surface area contributed by atoms with E-state index in [0.717, 1.165) is 50.5 Å². The number of likely N-dealkylation sites (tertiary alicyclic amines) is 1. The Labute approximate surface area is 167 Å². The number of benzene rings is 1. The molecule has 1 amide bonds. The molecule has 28 heavy (non-hydrogen) atoms. The zero-order valence-electron chi connectivity index (χ0n) is 17.0. The maximum Gasteiger partial charge on any atom is 0.250 e. The second-order valence-corrected chi connectivity index (χ2v) is 8.15. The number of rotatable bonds is 4. The Morgan fingerprint density at radius 2 is 1.89 bits per heavy atom.